The summed E-state index contributed by atoms with van der Waals surface area (Å²) in [5, 5.41) is 0. The third-order valence-electron chi connectivity index (χ3n) is 3.46. The molecule has 0 radical (unpaired) electrons. The van der Waals surface area contributed by atoms with Crippen LogP contribution >= 0.6 is 0 Å². The van der Waals surface area contributed by atoms with Gasteiger partial charge in [-0.2, -0.15) is 4.31 Å². The van der Waals surface area contributed by atoms with Crippen molar-refractivity contribution in [3.8, 4) is 0 Å². The van der Waals surface area contributed by atoms with Crippen LogP contribution in [0.2, 0.25) is 0 Å². The Morgan fingerprint density at radius 2 is 1.79 bits per heavy atom. The number of benzene rings is 1. The molecule has 0 aliphatic rings. The highest BCUT2D eigenvalue weighted by atomic mass is 32.2. The van der Waals surface area contributed by atoms with Crippen molar-refractivity contribution in [1.29, 1.82) is 0 Å². The largest absolute Gasteiger partial charge is 0.295 e. The highest BCUT2D eigenvalue weighted by molar-refractivity contribution is 7.89. The van der Waals surface area contributed by atoms with Crippen LogP contribution < -0.4 is 0 Å². The second-order valence-corrected chi connectivity index (χ2v) is 7.09. The van der Waals surface area contributed by atoms with Crippen LogP contribution in [0.1, 0.15) is 38.1 Å². The molecule has 5 heteroatoms. The van der Waals surface area contributed by atoms with E-state index < -0.39 is 10.0 Å². The third-order valence-corrected chi connectivity index (χ3v) is 5.40. The van der Waals surface area contributed by atoms with Crippen LogP contribution in [0, 0.1) is 5.92 Å². The molecule has 0 saturated heterocycles. The first-order chi connectivity index (χ1) is 8.67. The summed E-state index contributed by atoms with van der Waals surface area (Å²) in [6, 6.07) is 6.06. The van der Waals surface area contributed by atoms with Gasteiger partial charge >= 0.3 is 0 Å². The first-order valence-electron chi connectivity index (χ1n) is 6.27. The van der Waals surface area contributed by atoms with Crippen molar-refractivity contribution in [2.45, 2.75) is 38.6 Å². The summed E-state index contributed by atoms with van der Waals surface area (Å²) in [5.41, 5.74) is 0.409. The van der Waals surface area contributed by atoms with E-state index in [1.54, 1.807) is 19.2 Å². The van der Waals surface area contributed by atoms with Crippen molar-refractivity contribution < 1.29 is 13.2 Å². The van der Waals surface area contributed by atoms with Crippen molar-refractivity contribution in [3.63, 3.8) is 0 Å². The Bertz CT molecular complexity index is 564. The summed E-state index contributed by atoms with van der Waals surface area (Å²) in [4.78, 5) is 11.5. The molecular weight excluding hydrogens is 262 g/mol. The van der Waals surface area contributed by atoms with Crippen LogP contribution in [-0.2, 0) is 10.0 Å². The lowest BCUT2D eigenvalue weighted by molar-refractivity contribution is 0.101. The number of ketones is 1. The van der Waals surface area contributed by atoms with Crippen LogP contribution in [-0.4, -0.2) is 31.6 Å². The molecule has 0 aliphatic heterocycles. The molecule has 1 rings (SSSR count). The molecule has 0 heterocycles. The molecule has 106 valence electrons. The highest BCUT2D eigenvalue weighted by Crippen LogP contribution is 2.20. The Labute approximate surface area is 115 Å². The van der Waals surface area contributed by atoms with Gasteiger partial charge < -0.3 is 0 Å². The molecule has 0 aromatic heterocycles. The average molecular weight is 283 g/mol. The first kappa shape index (κ1) is 15.9. The second kappa shape index (κ2) is 5.84. The number of hydrogen-bond acceptors (Lipinski definition) is 3. The van der Waals surface area contributed by atoms with Gasteiger partial charge in [0.05, 0.1) is 4.90 Å². The summed E-state index contributed by atoms with van der Waals surface area (Å²) in [6.45, 7) is 7.24. The maximum Gasteiger partial charge on any atom is 0.243 e. The number of nitrogens with zero attached hydrogens (tertiary/aromatic N) is 1. The lowest BCUT2D eigenvalue weighted by Crippen LogP contribution is -2.38. The van der Waals surface area contributed by atoms with Crippen LogP contribution in [0.25, 0.3) is 0 Å². The Balaban J connectivity index is 3.20. The van der Waals surface area contributed by atoms with Crippen LogP contribution in [0.4, 0.5) is 0 Å². The zero-order valence-electron chi connectivity index (χ0n) is 12.0. The Morgan fingerprint density at radius 3 is 2.26 bits per heavy atom. The number of hydrogen-bond donors (Lipinski definition) is 0. The maximum absolute atomic E-state index is 12.5. The fourth-order valence-electron chi connectivity index (χ4n) is 1.68. The minimum atomic E-state index is -3.56. The number of sulfonamides is 1. The molecule has 0 spiro atoms. The Hall–Kier alpha value is -1.20. The normalized spacial score (nSPS) is 13.8. The fraction of sp³-hybridized carbons (Fsp3) is 0.500. The molecular formula is C14H21NO3S. The standard InChI is InChI=1S/C14H21NO3S/c1-10(2)11(3)15(5)19(17,18)14-8-6-7-13(9-14)12(4)16/h6-11H,1-5H3. The van der Waals surface area contributed by atoms with Gasteiger partial charge in [0.25, 0.3) is 0 Å². The zero-order valence-corrected chi connectivity index (χ0v) is 12.9. The predicted molar refractivity (Wildman–Crippen MR) is 75.7 cm³/mol. The summed E-state index contributed by atoms with van der Waals surface area (Å²) < 4.78 is 26.3. The van der Waals surface area contributed by atoms with E-state index in [9.17, 15) is 13.2 Å². The molecule has 1 unspecified atom stereocenters. The molecule has 0 amide bonds. The average Bonchev–Trinajstić information content (AvgIpc) is 2.36. The molecule has 1 atom stereocenters. The van der Waals surface area contributed by atoms with E-state index in [0.717, 1.165) is 0 Å². The third kappa shape index (κ3) is 3.42. The summed E-state index contributed by atoms with van der Waals surface area (Å²) in [7, 11) is -1.99. The van der Waals surface area contributed by atoms with Gasteiger partial charge in [0, 0.05) is 18.7 Å². The molecule has 1 aromatic carbocycles. The van der Waals surface area contributed by atoms with E-state index in [2.05, 4.69) is 0 Å². The van der Waals surface area contributed by atoms with E-state index >= 15 is 0 Å². The van der Waals surface area contributed by atoms with Gasteiger partial charge in [0.1, 0.15) is 0 Å². The Morgan fingerprint density at radius 1 is 1.21 bits per heavy atom. The van der Waals surface area contributed by atoms with Gasteiger partial charge in [0.15, 0.2) is 5.78 Å². The van der Waals surface area contributed by atoms with Gasteiger partial charge in [-0.05, 0) is 31.9 Å². The van der Waals surface area contributed by atoms with Crippen molar-refractivity contribution in [2.24, 2.45) is 5.92 Å². The molecule has 4 nitrogen and oxygen atoms in total. The highest BCUT2D eigenvalue weighted by Gasteiger charge is 2.27. The van der Waals surface area contributed by atoms with Gasteiger partial charge in [-0.25, -0.2) is 8.42 Å². The van der Waals surface area contributed by atoms with E-state index in [0.29, 0.717) is 5.56 Å². The maximum atomic E-state index is 12.5. The number of carbonyl (C=O) groups is 1. The molecule has 0 aliphatic carbocycles. The van der Waals surface area contributed by atoms with E-state index in [-0.39, 0.29) is 22.6 Å². The minimum absolute atomic E-state index is 0.106. The van der Waals surface area contributed by atoms with Gasteiger partial charge in [0.2, 0.25) is 10.0 Å². The van der Waals surface area contributed by atoms with Gasteiger partial charge in [-0.15, -0.1) is 0 Å². The smallest absolute Gasteiger partial charge is 0.243 e. The number of Topliss-reactive ketones (excluding diaryl/α,β-unsaturated/α-hetero) is 1. The topological polar surface area (TPSA) is 54.5 Å². The molecule has 0 saturated carbocycles. The monoisotopic (exact) mass is 283 g/mol. The molecule has 0 fully saturated rings. The van der Waals surface area contributed by atoms with Gasteiger partial charge in [-0.3, -0.25) is 4.79 Å². The van der Waals surface area contributed by atoms with Crippen molar-refractivity contribution in [1.82, 2.24) is 4.31 Å². The SMILES string of the molecule is CC(=O)c1cccc(S(=O)(=O)N(C)C(C)C(C)C)c1. The summed E-state index contributed by atoms with van der Waals surface area (Å²) >= 11 is 0. The van der Waals surface area contributed by atoms with Crippen LogP contribution in [0.15, 0.2) is 29.2 Å². The first-order valence-corrected chi connectivity index (χ1v) is 7.71. The van der Waals surface area contributed by atoms with Crippen molar-refractivity contribution in [3.05, 3.63) is 29.8 Å². The molecule has 1 aromatic rings. The van der Waals surface area contributed by atoms with Crippen molar-refractivity contribution in [2.75, 3.05) is 7.05 Å². The summed E-state index contributed by atoms with van der Waals surface area (Å²) in [6.07, 6.45) is 0. The quantitative estimate of drug-likeness (QED) is 0.780. The molecule has 19 heavy (non-hydrogen) atoms. The zero-order chi connectivity index (χ0) is 14.8. The fourth-order valence-corrected chi connectivity index (χ4v) is 3.22. The molecule has 0 N–H and O–H groups in total. The lowest BCUT2D eigenvalue weighted by atomic mass is 10.1. The Kier molecular flexibility index (Phi) is 4.87. The van der Waals surface area contributed by atoms with Crippen LogP contribution in [0.5, 0.6) is 0 Å². The van der Waals surface area contributed by atoms with E-state index in [1.807, 2.05) is 20.8 Å². The van der Waals surface area contributed by atoms with Gasteiger partial charge in [-0.1, -0.05) is 26.0 Å². The number of carbonyl (C=O) groups excluding carboxylic acids is 1. The molecule has 0 bridgehead atoms. The van der Waals surface area contributed by atoms with E-state index in [4.69, 9.17) is 0 Å². The van der Waals surface area contributed by atoms with Crippen LogP contribution in [0.3, 0.4) is 0 Å². The summed E-state index contributed by atoms with van der Waals surface area (Å²) in [5.74, 6) is 0.0763. The van der Waals surface area contributed by atoms with Crippen molar-refractivity contribution >= 4 is 15.8 Å². The second-order valence-electron chi connectivity index (χ2n) is 5.09. The minimum Gasteiger partial charge on any atom is -0.295 e. The predicted octanol–water partition coefficient (Wildman–Crippen LogP) is 2.55. The van der Waals surface area contributed by atoms with E-state index in [1.165, 1.54) is 23.4 Å². The lowest BCUT2D eigenvalue weighted by Gasteiger charge is -2.27. The number of rotatable bonds is 5.